The molecule has 0 radical (unpaired) electrons. The average Bonchev–Trinajstić information content (AvgIpc) is 2.04. The number of aliphatic hydroxyl groups is 2. The lowest BCUT2D eigenvalue weighted by Crippen LogP contribution is -2.56. The lowest BCUT2D eigenvalue weighted by molar-refractivity contribution is -0.179. The van der Waals surface area contributed by atoms with E-state index in [1.165, 1.54) is 0 Å². The largest absolute Gasteiger partial charge is 0.390 e. The van der Waals surface area contributed by atoms with Crippen molar-refractivity contribution in [2.75, 3.05) is 0 Å². The predicted octanol–water partition coefficient (Wildman–Crippen LogP) is 1.31. The van der Waals surface area contributed by atoms with Gasteiger partial charge in [-0.15, -0.1) is 0 Å². The Kier molecular flexibility index (Phi) is 2.55. The molecule has 0 aliphatic heterocycles. The van der Waals surface area contributed by atoms with Gasteiger partial charge in [-0.2, -0.15) is 0 Å². The van der Waals surface area contributed by atoms with Gasteiger partial charge in [-0.25, -0.2) is 0 Å². The molecule has 11 heavy (non-hydrogen) atoms. The minimum absolute atomic E-state index is 0.284. The van der Waals surface area contributed by atoms with Crippen LogP contribution in [0.1, 0.15) is 39.5 Å². The lowest BCUT2D eigenvalue weighted by atomic mass is 9.67. The summed E-state index contributed by atoms with van der Waals surface area (Å²) in [4.78, 5) is 0. The van der Waals surface area contributed by atoms with Gasteiger partial charge in [0.15, 0.2) is 0 Å². The van der Waals surface area contributed by atoms with E-state index in [9.17, 15) is 10.2 Å². The summed E-state index contributed by atoms with van der Waals surface area (Å²) in [6.45, 7) is 4.13. The van der Waals surface area contributed by atoms with Crippen molar-refractivity contribution in [3.8, 4) is 0 Å². The molecule has 2 nitrogen and oxygen atoms in total. The molecule has 1 rings (SSSR count). The fourth-order valence-electron chi connectivity index (χ4n) is 2.04. The highest BCUT2D eigenvalue weighted by molar-refractivity contribution is 5.00. The van der Waals surface area contributed by atoms with Crippen LogP contribution in [0.25, 0.3) is 0 Å². The van der Waals surface area contributed by atoms with Crippen LogP contribution in [0.3, 0.4) is 0 Å². The second-order valence-electron chi connectivity index (χ2n) is 3.56. The zero-order valence-electron chi connectivity index (χ0n) is 7.38. The molecule has 0 aromatic heterocycles. The second kappa shape index (κ2) is 3.11. The Labute approximate surface area is 68.2 Å². The summed E-state index contributed by atoms with van der Waals surface area (Å²) in [5.41, 5.74) is -0.747. The molecule has 0 bridgehead atoms. The molecule has 2 heteroatoms. The van der Waals surface area contributed by atoms with Crippen molar-refractivity contribution in [1.29, 1.82) is 0 Å². The molecule has 0 saturated heterocycles. The zero-order chi connectivity index (χ0) is 8.48. The highest BCUT2D eigenvalue weighted by Gasteiger charge is 2.48. The first-order valence-electron chi connectivity index (χ1n) is 4.55. The summed E-state index contributed by atoms with van der Waals surface area (Å²) >= 11 is 0. The Bertz CT molecular complexity index is 132. The SMILES string of the molecule is CCC(CC)[C@]1(O)CC[C@H]1O. The number of hydrogen-bond donors (Lipinski definition) is 2. The number of hydrogen-bond acceptors (Lipinski definition) is 2. The summed E-state index contributed by atoms with van der Waals surface area (Å²) in [6.07, 6.45) is 3.01. The maximum Gasteiger partial charge on any atom is 0.0934 e. The Morgan fingerprint density at radius 2 is 2.00 bits per heavy atom. The van der Waals surface area contributed by atoms with Crippen LogP contribution < -0.4 is 0 Å². The van der Waals surface area contributed by atoms with Crippen LogP contribution in [0.2, 0.25) is 0 Å². The predicted molar refractivity (Wildman–Crippen MR) is 44.3 cm³/mol. The summed E-state index contributed by atoms with van der Waals surface area (Å²) in [7, 11) is 0. The molecule has 0 aromatic rings. The maximum atomic E-state index is 9.89. The van der Waals surface area contributed by atoms with Crippen molar-refractivity contribution in [3.63, 3.8) is 0 Å². The molecule has 0 amide bonds. The Morgan fingerprint density at radius 3 is 2.09 bits per heavy atom. The van der Waals surface area contributed by atoms with Gasteiger partial charge in [0, 0.05) is 0 Å². The summed E-state index contributed by atoms with van der Waals surface area (Å²) in [6, 6.07) is 0. The van der Waals surface area contributed by atoms with Crippen molar-refractivity contribution in [3.05, 3.63) is 0 Å². The first kappa shape index (κ1) is 9.01. The number of rotatable bonds is 3. The van der Waals surface area contributed by atoms with Gasteiger partial charge in [-0.3, -0.25) is 0 Å². The first-order valence-corrected chi connectivity index (χ1v) is 4.55. The summed E-state index contributed by atoms with van der Waals surface area (Å²) in [5.74, 6) is 0.284. The van der Waals surface area contributed by atoms with Crippen LogP contribution >= 0.6 is 0 Å². The Balaban J connectivity index is 2.55. The normalized spacial score (nSPS) is 37.4. The van der Waals surface area contributed by atoms with Gasteiger partial charge in [0.25, 0.3) is 0 Å². The van der Waals surface area contributed by atoms with Crippen molar-refractivity contribution >= 4 is 0 Å². The highest BCUT2D eigenvalue weighted by Crippen LogP contribution is 2.41. The average molecular weight is 158 g/mol. The zero-order valence-corrected chi connectivity index (χ0v) is 7.38. The second-order valence-corrected chi connectivity index (χ2v) is 3.56. The van der Waals surface area contributed by atoms with Gasteiger partial charge in [0.05, 0.1) is 11.7 Å². The minimum atomic E-state index is -0.747. The van der Waals surface area contributed by atoms with Gasteiger partial charge in [-0.05, 0) is 18.8 Å². The molecule has 1 aliphatic rings. The van der Waals surface area contributed by atoms with Crippen LogP contribution in [0.5, 0.6) is 0 Å². The third-order valence-corrected chi connectivity index (χ3v) is 3.09. The van der Waals surface area contributed by atoms with Crippen LogP contribution in [-0.2, 0) is 0 Å². The lowest BCUT2D eigenvalue weighted by Gasteiger charge is -2.47. The van der Waals surface area contributed by atoms with E-state index in [4.69, 9.17) is 0 Å². The van der Waals surface area contributed by atoms with E-state index >= 15 is 0 Å². The van der Waals surface area contributed by atoms with Crippen LogP contribution in [0, 0.1) is 5.92 Å². The topological polar surface area (TPSA) is 40.5 Å². The quantitative estimate of drug-likeness (QED) is 0.650. The van der Waals surface area contributed by atoms with E-state index < -0.39 is 11.7 Å². The molecule has 1 aliphatic carbocycles. The molecule has 66 valence electrons. The van der Waals surface area contributed by atoms with Crippen LogP contribution in [-0.4, -0.2) is 21.9 Å². The summed E-state index contributed by atoms with van der Waals surface area (Å²) in [5, 5.41) is 19.2. The fraction of sp³-hybridized carbons (Fsp3) is 1.00. The number of aliphatic hydroxyl groups excluding tert-OH is 1. The molecule has 2 atom stereocenters. The maximum absolute atomic E-state index is 9.89. The summed E-state index contributed by atoms with van der Waals surface area (Å²) < 4.78 is 0. The standard InChI is InChI=1S/C9H18O2/c1-3-7(4-2)9(11)6-5-8(9)10/h7-8,10-11H,3-6H2,1-2H3/t8-,9-/m1/s1. The van der Waals surface area contributed by atoms with Crippen LogP contribution in [0.4, 0.5) is 0 Å². The van der Waals surface area contributed by atoms with E-state index in [0.29, 0.717) is 0 Å². The van der Waals surface area contributed by atoms with Gasteiger partial charge < -0.3 is 10.2 Å². The molecular formula is C9H18O2. The monoisotopic (exact) mass is 158 g/mol. The molecule has 0 unspecified atom stereocenters. The molecule has 0 aromatic carbocycles. The van der Waals surface area contributed by atoms with E-state index in [2.05, 4.69) is 13.8 Å². The molecule has 1 fully saturated rings. The Hall–Kier alpha value is -0.0800. The molecule has 0 spiro atoms. The molecule has 2 N–H and O–H groups in total. The third kappa shape index (κ3) is 1.30. The third-order valence-electron chi connectivity index (χ3n) is 3.09. The van der Waals surface area contributed by atoms with Gasteiger partial charge in [-0.1, -0.05) is 26.7 Å². The van der Waals surface area contributed by atoms with Gasteiger partial charge >= 0.3 is 0 Å². The first-order chi connectivity index (χ1) is 5.15. The van der Waals surface area contributed by atoms with E-state index in [-0.39, 0.29) is 5.92 Å². The van der Waals surface area contributed by atoms with E-state index in [0.717, 1.165) is 25.7 Å². The smallest absolute Gasteiger partial charge is 0.0934 e. The highest BCUT2D eigenvalue weighted by atomic mass is 16.3. The molecule has 0 heterocycles. The molecular weight excluding hydrogens is 140 g/mol. The van der Waals surface area contributed by atoms with Gasteiger partial charge in [0.2, 0.25) is 0 Å². The van der Waals surface area contributed by atoms with Gasteiger partial charge in [0.1, 0.15) is 0 Å². The van der Waals surface area contributed by atoms with Crippen molar-refractivity contribution in [1.82, 2.24) is 0 Å². The van der Waals surface area contributed by atoms with Crippen molar-refractivity contribution in [2.24, 2.45) is 5.92 Å². The minimum Gasteiger partial charge on any atom is -0.390 e. The van der Waals surface area contributed by atoms with Crippen LogP contribution in [0.15, 0.2) is 0 Å². The molecule has 1 saturated carbocycles. The van der Waals surface area contributed by atoms with E-state index in [1.54, 1.807) is 0 Å². The van der Waals surface area contributed by atoms with E-state index in [1.807, 2.05) is 0 Å². The Morgan fingerprint density at radius 1 is 1.45 bits per heavy atom. The van der Waals surface area contributed by atoms with Crippen molar-refractivity contribution < 1.29 is 10.2 Å². The fourth-order valence-corrected chi connectivity index (χ4v) is 2.04. The van der Waals surface area contributed by atoms with Crippen molar-refractivity contribution in [2.45, 2.75) is 51.2 Å².